The molecule has 0 fully saturated rings. The Hall–Kier alpha value is -0.0500. The highest BCUT2D eigenvalue weighted by Crippen LogP contribution is 2.47. The van der Waals surface area contributed by atoms with E-state index in [4.69, 9.17) is 0 Å². The summed E-state index contributed by atoms with van der Waals surface area (Å²) in [4.78, 5) is 0. The number of benzene rings is 1. The second kappa shape index (κ2) is 1.47. The fourth-order valence-electron chi connectivity index (χ4n) is 0.906. The Morgan fingerprint density at radius 2 is 1.62 bits per heavy atom. The lowest BCUT2D eigenvalue weighted by atomic mass is 10.4. The van der Waals surface area contributed by atoms with Gasteiger partial charge in [0.2, 0.25) is 0 Å². The van der Waals surface area contributed by atoms with E-state index in [-0.39, 0.29) is 0 Å². The van der Waals surface area contributed by atoms with Gasteiger partial charge in [0.25, 0.3) is 0 Å². The van der Waals surface area contributed by atoms with Crippen molar-refractivity contribution < 1.29 is 0 Å². The molecule has 0 radical (unpaired) electrons. The van der Waals surface area contributed by atoms with Gasteiger partial charge in [0.15, 0.2) is 0 Å². The van der Waals surface area contributed by atoms with Crippen LogP contribution in [0.1, 0.15) is 15.1 Å². The molecule has 0 N–H and O–H groups in total. The first-order chi connectivity index (χ1) is 3.89. The summed E-state index contributed by atoms with van der Waals surface area (Å²) in [5, 5.41) is 0. The van der Waals surface area contributed by atoms with Crippen LogP contribution in [0, 0.1) is 0 Å². The van der Waals surface area contributed by atoms with Crippen LogP contribution in [0.4, 0.5) is 0 Å². The summed E-state index contributed by atoms with van der Waals surface area (Å²) in [5.41, 5.74) is 3.04. The molecule has 1 heteroatoms. The van der Waals surface area contributed by atoms with Crippen LogP contribution in [0.5, 0.6) is 0 Å². The van der Waals surface area contributed by atoms with E-state index in [9.17, 15) is 0 Å². The molecule has 0 saturated carbocycles. The summed E-state index contributed by atoms with van der Waals surface area (Å²) in [5.74, 6) is 0. The van der Waals surface area contributed by atoms with Crippen LogP contribution in [0.3, 0.4) is 0 Å². The third kappa shape index (κ3) is 0.507. The number of fused-ring (bicyclic) bond motifs is 1. The van der Waals surface area contributed by atoms with Crippen LogP contribution in [0.25, 0.3) is 0 Å². The number of halogens is 1. The summed E-state index contributed by atoms with van der Waals surface area (Å²) in [6, 6.07) is 8.56. The fourth-order valence-corrected chi connectivity index (χ4v) is 1.86. The molecule has 0 unspecified atom stereocenters. The molecular weight excluding hydrogens is 211 g/mol. The van der Waals surface area contributed by atoms with E-state index in [1.165, 1.54) is 11.1 Å². The van der Waals surface area contributed by atoms with Gasteiger partial charge in [0, 0.05) is 0 Å². The van der Waals surface area contributed by atoms with E-state index < -0.39 is 0 Å². The Morgan fingerprint density at radius 1 is 1.12 bits per heavy atom. The summed E-state index contributed by atoms with van der Waals surface area (Å²) in [6.45, 7) is 0. The zero-order chi connectivity index (χ0) is 5.56. The van der Waals surface area contributed by atoms with Crippen molar-refractivity contribution in [1.29, 1.82) is 0 Å². The van der Waals surface area contributed by atoms with Gasteiger partial charge in [-0.2, -0.15) is 0 Å². The van der Waals surface area contributed by atoms with Gasteiger partial charge in [-0.05, 0) is 11.1 Å². The van der Waals surface area contributed by atoms with Crippen molar-refractivity contribution in [3.63, 3.8) is 0 Å². The minimum Gasteiger partial charge on any atom is -0.0722 e. The maximum atomic E-state index is 2.44. The van der Waals surface area contributed by atoms with Crippen LogP contribution >= 0.6 is 22.6 Å². The first kappa shape index (κ1) is 4.79. The smallest absolute Gasteiger partial charge is 0.0614 e. The van der Waals surface area contributed by atoms with Gasteiger partial charge in [-0.3, -0.25) is 0 Å². The summed E-state index contributed by atoms with van der Waals surface area (Å²) < 4.78 is 0.739. The summed E-state index contributed by atoms with van der Waals surface area (Å²) in [7, 11) is 0. The van der Waals surface area contributed by atoms with E-state index >= 15 is 0 Å². The van der Waals surface area contributed by atoms with Crippen LogP contribution in [-0.2, 0) is 0 Å². The molecule has 0 atom stereocenters. The van der Waals surface area contributed by atoms with Gasteiger partial charge < -0.3 is 0 Å². The zero-order valence-corrected chi connectivity index (χ0v) is 6.42. The van der Waals surface area contributed by atoms with E-state index in [1.54, 1.807) is 0 Å². The van der Waals surface area contributed by atoms with Crippen molar-refractivity contribution in [2.75, 3.05) is 0 Å². The van der Waals surface area contributed by atoms with Crippen LogP contribution < -0.4 is 0 Å². The molecule has 1 aliphatic rings. The standard InChI is InChI=1S/C7H5I/c8-7-5-3-1-2-4-6(5)7/h1-4,7H. The van der Waals surface area contributed by atoms with Gasteiger partial charge in [-0.25, -0.2) is 0 Å². The summed E-state index contributed by atoms with van der Waals surface area (Å²) >= 11 is 2.44. The van der Waals surface area contributed by atoms with Gasteiger partial charge >= 0.3 is 0 Å². The molecule has 0 nitrogen and oxygen atoms in total. The molecule has 0 amide bonds. The molecular formula is C7H5I. The maximum Gasteiger partial charge on any atom is 0.0614 e. The van der Waals surface area contributed by atoms with Crippen molar-refractivity contribution >= 4 is 22.6 Å². The van der Waals surface area contributed by atoms with E-state index in [0.717, 1.165) is 3.92 Å². The zero-order valence-electron chi connectivity index (χ0n) is 4.26. The predicted octanol–water partition coefficient (Wildman–Crippen LogP) is 2.52. The molecule has 1 aromatic rings. The second-order valence-corrected chi connectivity index (χ2v) is 3.24. The highest BCUT2D eigenvalue weighted by Gasteiger charge is 2.27. The van der Waals surface area contributed by atoms with Crippen molar-refractivity contribution in [2.45, 2.75) is 3.92 Å². The molecule has 1 aliphatic carbocycles. The molecule has 0 aliphatic heterocycles. The quantitative estimate of drug-likeness (QED) is 0.461. The first-order valence-corrected chi connectivity index (χ1v) is 3.87. The predicted molar refractivity (Wildman–Crippen MR) is 42.3 cm³/mol. The van der Waals surface area contributed by atoms with Crippen molar-refractivity contribution in [3.05, 3.63) is 35.4 Å². The highest BCUT2D eigenvalue weighted by molar-refractivity contribution is 14.1. The van der Waals surface area contributed by atoms with E-state index in [0.29, 0.717) is 0 Å². The van der Waals surface area contributed by atoms with Gasteiger partial charge in [-0.1, -0.05) is 46.9 Å². The Labute approximate surface area is 62.1 Å². The lowest BCUT2D eigenvalue weighted by molar-refractivity contribution is 1.62. The van der Waals surface area contributed by atoms with Crippen LogP contribution in [-0.4, -0.2) is 0 Å². The topological polar surface area (TPSA) is 0 Å². The van der Waals surface area contributed by atoms with Crippen molar-refractivity contribution in [1.82, 2.24) is 0 Å². The summed E-state index contributed by atoms with van der Waals surface area (Å²) in [6.07, 6.45) is 0. The van der Waals surface area contributed by atoms with Gasteiger partial charge in [0.1, 0.15) is 0 Å². The second-order valence-electron chi connectivity index (χ2n) is 1.99. The van der Waals surface area contributed by atoms with Crippen molar-refractivity contribution in [3.8, 4) is 0 Å². The Balaban J connectivity index is 2.58. The normalized spacial score (nSPS) is 15.6. The largest absolute Gasteiger partial charge is 0.0722 e. The SMILES string of the molecule is IC1c2ccccc21. The monoisotopic (exact) mass is 216 g/mol. The minimum atomic E-state index is 0.739. The fraction of sp³-hybridized carbons (Fsp3) is 0.143. The van der Waals surface area contributed by atoms with E-state index in [2.05, 4.69) is 46.9 Å². The molecule has 2 rings (SSSR count). The van der Waals surface area contributed by atoms with E-state index in [1.807, 2.05) is 0 Å². The molecule has 0 heterocycles. The maximum absolute atomic E-state index is 2.44. The van der Waals surface area contributed by atoms with Crippen LogP contribution in [0.2, 0.25) is 0 Å². The molecule has 40 valence electrons. The van der Waals surface area contributed by atoms with Gasteiger partial charge in [0.05, 0.1) is 3.92 Å². The number of rotatable bonds is 0. The number of hydrogen-bond donors (Lipinski definition) is 0. The third-order valence-corrected chi connectivity index (χ3v) is 2.80. The van der Waals surface area contributed by atoms with Crippen molar-refractivity contribution in [2.24, 2.45) is 0 Å². The lowest BCUT2D eigenvalue weighted by Crippen LogP contribution is -1.48. The number of hydrogen-bond acceptors (Lipinski definition) is 0. The van der Waals surface area contributed by atoms with Gasteiger partial charge in [-0.15, -0.1) is 0 Å². The lowest BCUT2D eigenvalue weighted by Gasteiger charge is -1.68. The number of alkyl halides is 1. The average molecular weight is 216 g/mol. The molecule has 0 bridgehead atoms. The molecule has 1 aromatic carbocycles. The molecule has 8 heavy (non-hydrogen) atoms. The Morgan fingerprint density at radius 3 is 2.00 bits per heavy atom. The van der Waals surface area contributed by atoms with Crippen LogP contribution in [0.15, 0.2) is 24.3 Å². The Bertz CT molecular complexity index is 194. The Kier molecular flexibility index (Phi) is 0.879. The molecule has 0 spiro atoms. The highest BCUT2D eigenvalue weighted by atomic mass is 127. The first-order valence-electron chi connectivity index (χ1n) is 2.62. The molecule has 0 aromatic heterocycles. The average Bonchev–Trinajstić information content (AvgIpc) is 2.46. The third-order valence-electron chi connectivity index (χ3n) is 1.46. The molecule has 0 saturated heterocycles. The minimum absolute atomic E-state index is 0.739.